The molecule has 0 saturated heterocycles. The Morgan fingerprint density at radius 3 is 1.73 bits per heavy atom. The summed E-state index contributed by atoms with van der Waals surface area (Å²) in [6.07, 6.45) is 20.5. The Morgan fingerprint density at radius 1 is 0.773 bits per heavy atom. The minimum Gasteiger partial charge on any atom is -0.247 e. The molecule has 0 heterocycles. The summed E-state index contributed by atoms with van der Waals surface area (Å²) in [5.41, 5.74) is -0.670. The van der Waals surface area contributed by atoms with Crippen LogP contribution in [0.3, 0.4) is 0 Å². The number of rotatable bonds is 15. The lowest BCUT2D eigenvalue weighted by Crippen LogP contribution is -2.22. The highest BCUT2D eigenvalue weighted by molar-refractivity contribution is 5.73. The summed E-state index contributed by atoms with van der Waals surface area (Å²) < 4.78 is 0. The van der Waals surface area contributed by atoms with Crippen LogP contribution >= 0.6 is 0 Å². The molecule has 2 nitrogen and oxygen atoms in total. The third kappa shape index (κ3) is 12.9. The number of hydrogen-bond donors (Lipinski definition) is 0. The molecule has 0 bridgehead atoms. The molecule has 0 rings (SSSR count). The summed E-state index contributed by atoms with van der Waals surface area (Å²) in [4.78, 5) is 10.9. The normalized spacial score (nSPS) is 12.1. The first-order valence-electron chi connectivity index (χ1n) is 9.37. The summed E-state index contributed by atoms with van der Waals surface area (Å²) in [5.74, 6) is -0.926. The van der Waals surface area contributed by atoms with Crippen molar-refractivity contribution in [1.82, 2.24) is 0 Å². The van der Waals surface area contributed by atoms with Crippen molar-refractivity contribution in [2.45, 2.75) is 104 Å². The molecule has 0 N–H and O–H groups in total. The summed E-state index contributed by atoms with van der Waals surface area (Å²) >= 11 is 0. The van der Waals surface area contributed by atoms with E-state index in [1.807, 2.05) is 0 Å². The van der Waals surface area contributed by atoms with Gasteiger partial charge in [-0.25, -0.2) is 9.90 Å². The molecule has 0 fully saturated rings. The van der Waals surface area contributed by atoms with E-state index in [9.17, 15) is 9.90 Å². The van der Waals surface area contributed by atoms with Crippen LogP contribution in [0, 0.1) is 5.41 Å². The van der Waals surface area contributed by atoms with Crippen LogP contribution in [-0.4, -0.2) is 5.97 Å². The smallest absolute Gasteiger partial charge is 0.247 e. The Morgan fingerprint density at radius 2 is 1.23 bits per heavy atom. The molecule has 0 aliphatic heterocycles. The third-order valence-corrected chi connectivity index (χ3v) is 4.37. The Bertz CT molecular complexity index is 292. The Kier molecular flexibility index (Phi) is 13.3. The number of carbonyl (C=O) groups is 1. The molecule has 2 heteroatoms. The Hall–Kier alpha value is -0.790. The minimum absolute atomic E-state index is 0.670. The zero-order valence-electron chi connectivity index (χ0n) is 15.2. The fourth-order valence-corrected chi connectivity index (χ4v) is 2.56. The number of unbranched alkanes of at least 4 members (excludes halogenated alkanes) is 10. The second kappa shape index (κ2) is 13.8. The third-order valence-electron chi connectivity index (χ3n) is 4.37. The number of carbonyl (C=O) groups excluding carboxylic acids is 1. The van der Waals surface area contributed by atoms with E-state index in [-0.39, 0.29) is 0 Å². The van der Waals surface area contributed by atoms with Crippen LogP contribution in [0.4, 0.5) is 0 Å². The monoisotopic (exact) mass is 309 g/mol. The molecule has 0 atom stereocenters. The van der Waals surface area contributed by atoms with Gasteiger partial charge in [-0.1, -0.05) is 70.4 Å². The Labute approximate surface area is 138 Å². The highest BCUT2D eigenvalue weighted by Gasteiger charge is 2.27. The summed E-state index contributed by atoms with van der Waals surface area (Å²) in [5, 5.41) is 10.9. The van der Waals surface area contributed by atoms with E-state index >= 15 is 0 Å². The largest absolute Gasteiger partial charge is 0.361 e. The van der Waals surface area contributed by atoms with Crippen LogP contribution in [0.5, 0.6) is 0 Å². The van der Waals surface area contributed by atoms with E-state index < -0.39 is 11.4 Å². The molecule has 22 heavy (non-hydrogen) atoms. The average molecular weight is 310 g/mol. The maximum absolute atomic E-state index is 10.9. The van der Waals surface area contributed by atoms with Gasteiger partial charge >= 0.3 is 5.97 Å². The highest BCUT2D eigenvalue weighted by atomic mass is 16.4. The van der Waals surface area contributed by atoms with Crippen molar-refractivity contribution in [3.63, 3.8) is 0 Å². The van der Waals surface area contributed by atoms with Crippen molar-refractivity contribution < 1.29 is 9.90 Å². The van der Waals surface area contributed by atoms with E-state index in [4.69, 9.17) is 0 Å². The van der Waals surface area contributed by atoms with Gasteiger partial charge in [0.1, 0.15) is 0 Å². The van der Waals surface area contributed by atoms with Crippen LogP contribution in [0.15, 0.2) is 12.2 Å². The fraction of sp³-hybridized carbons (Fsp3) is 0.850. The minimum atomic E-state index is -0.926. The molecule has 0 aromatic heterocycles. The lowest BCUT2D eigenvalue weighted by Gasteiger charge is -2.16. The van der Waals surface area contributed by atoms with Gasteiger partial charge in [0.2, 0.25) is 0 Å². The zero-order chi connectivity index (χ0) is 16.7. The Balaban J connectivity index is 3.29. The average Bonchev–Trinajstić information content (AvgIpc) is 2.47. The molecule has 0 aliphatic rings. The first-order valence-corrected chi connectivity index (χ1v) is 9.37. The van der Waals surface area contributed by atoms with Gasteiger partial charge in [0.25, 0.3) is 0 Å². The molecule has 0 saturated carbocycles. The predicted molar refractivity (Wildman–Crippen MR) is 94.3 cm³/mol. The van der Waals surface area contributed by atoms with Crippen LogP contribution in [-0.2, 0) is 9.90 Å². The molecular formula is C20H37O2. The van der Waals surface area contributed by atoms with E-state index in [1.165, 1.54) is 64.2 Å². The molecule has 129 valence electrons. The molecule has 1 radical (unpaired) electrons. The molecule has 0 aliphatic carbocycles. The van der Waals surface area contributed by atoms with Gasteiger partial charge < -0.3 is 0 Å². The topological polar surface area (TPSA) is 37.0 Å². The fourth-order valence-electron chi connectivity index (χ4n) is 2.56. The summed E-state index contributed by atoms with van der Waals surface area (Å²) in [7, 11) is 0. The van der Waals surface area contributed by atoms with Gasteiger partial charge in [-0.2, -0.15) is 0 Å². The van der Waals surface area contributed by atoms with E-state index in [0.29, 0.717) is 0 Å². The maximum Gasteiger partial charge on any atom is 0.361 e. The lowest BCUT2D eigenvalue weighted by atomic mass is 9.87. The first kappa shape index (κ1) is 21.2. The molecule has 0 unspecified atom stereocenters. The second-order valence-corrected chi connectivity index (χ2v) is 7.15. The van der Waals surface area contributed by atoms with Crippen LogP contribution in [0.2, 0.25) is 0 Å². The van der Waals surface area contributed by atoms with Gasteiger partial charge in [-0.05, 0) is 46.0 Å². The van der Waals surface area contributed by atoms with Crippen LogP contribution in [0.25, 0.3) is 0 Å². The van der Waals surface area contributed by atoms with Crippen LogP contribution < -0.4 is 0 Å². The van der Waals surface area contributed by atoms with E-state index in [2.05, 4.69) is 19.1 Å². The number of allylic oxidation sites excluding steroid dienone is 2. The molecule has 0 spiro atoms. The first-order chi connectivity index (χ1) is 10.5. The lowest BCUT2D eigenvalue weighted by molar-refractivity contribution is -0.153. The standard InChI is InChI=1S/C20H37O2/c1-4-5-6-7-8-9-10-11-12-13-14-15-16-17-18-20(2,3)19(21)22/h11-12H,4-10,13-18H2,1-3H3/b12-11-. The van der Waals surface area contributed by atoms with Crippen molar-refractivity contribution >= 4 is 5.97 Å². The SMILES string of the molecule is CCCCCCCC/C=C\CCCCCCC(C)(C)C([O])=O. The molecular weight excluding hydrogens is 272 g/mol. The van der Waals surface area contributed by atoms with E-state index in [0.717, 1.165) is 19.3 Å². The van der Waals surface area contributed by atoms with Crippen molar-refractivity contribution in [3.8, 4) is 0 Å². The summed E-state index contributed by atoms with van der Waals surface area (Å²) in [6, 6.07) is 0. The maximum atomic E-state index is 10.9. The van der Waals surface area contributed by atoms with Gasteiger partial charge in [0, 0.05) is 0 Å². The number of hydrogen-bond acceptors (Lipinski definition) is 1. The molecule has 0 amide bonds. The van der Waals surface area contributed by atoms with Crippen molar-refractivity contribution in [2.75, 3.05) is 0 Å². The molecule has 0 aromatic rings. The van der Waals surface area contributed by atoms with Gasteiger partial charge in [-0.3, -0.25) is 0 Å². The zero-order valence-corrected chi connectivity index (χ0v) is 15.2. The predicted octanol–water partition coefficient (Wildman–Crippen LogP) is 6.62. The highest BCUT2D eigenvalue weighted by Crippen LogP contribution is 2.24. The van der Waals surface area contributed by atoms with Crippen molar-refractivity contribution in [2.24, 2.45) is 5.41 Å². The van der Waals surface area contributed by atoms with Crippen molar-refractivity contribution in [1.29, 1.82) is 0 Å². The van der Waals surface area contributed by atoms with Gasteiger partial charge in [0.05, 0.1) is 5.41 Å². The quantitative estimate of drug-likeness (QED) is 0.247. The van der Waals surface area contributed by atoms with Gasteiger partial charge in [0.15, 0.2) is 0 Å². The van der Waals surface area contributed by atoms with Crippen LogP contribution in [0.1, 0.15) is 104 Å². The second-order valence-electron chi connectivity index (χ2n) is 7.15. The molecule has 0 aromatic carbocycles. The van der Waals surface area contributed by atoms with Gasteiger partial charge in [-0.15, -0.1) is 0 Å². The van der Waals surface area contributed by atoms with Crippen molar-refractivity contribution in [3.05, 3.63) is 12.2 Å². The van der Waals surface area contributed by atoms with E-state index in [1.54, 1.807) is 13.8 Å². The summed E-state index contributed by atoms with van der Waals surface area (Å²) in [6.45, 7) is 5.77.